The van der Waals surface area contributed by atoms with Gasteiger partial charge in [0.1, 0.15) is 0 Å². The molecule has 1 N–H and O–H groups in total. The topological polar surface area (TPSA) is 90.9 Å². The molecule has 0 aromatic heterocycles. The van der Waals surface area contributed by atoms with Crippen molar-refractivity contribution in [3.63, 3.8) is 0 Å². The van der Waals surface area contributed by atoms with Crippen LogP contribution < -0.4 is 19.5 Å². The molecule has 0 bridgehead atoms. The lowest BCUT2D eigenvalue weighted by Gasteiger charge is -2.14. The van der Waals surface area contributed by atoms with Gasteiger partial charge in [0.15, 0.2) is 11.5 Å². The van der Waals surface area contributed by atoms with E-state index in [0.29, 0.717) is 22.8 Å². The summed E-state index contributed by atoms with van der Waals surface area (Å²) in [6, 6.07) is 7.60. The second kappa shape index (κ2) is 8.87. The average Bonchev–Trinajstić information content (AvgIpc) is 2.70. The van der Waals surface area contributed by atoms with Gasteiger partial charge in [0, 0.05) is 12.1 Å². The van der Waals surface area contributed by atoms with Crippen molar-refractivity contribution in [1.29, 1.82) is 0 Å². The van der Waals surface area contributed by atoms with Gasteiger partial charge < -0.3 is 19.5 Å². The van der Waals surface area contributed by atoms with E-state index in [1.54, 1.807) is 12.1 Å². The lowest BCUT2D eigenvalue weighted by atomic mass is 10.1. The zero-order valence-electron chi connectivity index (χ0n) is 15.4. The van der Waals surface area contributed by atoms with E-state index in [-0.39, 0.29) is 12.1 Å². The predicted octanol–water partition coefficient (Wildman–Crippen LogP) is 2.64. The molecule has 2 aromatic rings. The highest BCUT2D eigenvalue weighted by Gasteiger charge is 2.26. The number of carbonyl (C=O) groups is 1. The Bertz CT molecular complexity index is 920. The SMILES string of the molecule is COc1cc(CNC(=O)c2ccc(S(=O)(=O)C(F)F)cc2)cc(OC)c1OC. The second-order valence-corrected chi connectivity index (χ2v) is 7.46. The Morgan fingerprint density at radius 2 is 1.54 bits per heavy atom. The van der Waals surface area contributed by atoms with Crippen LogP contribution in [0, 0.1) is 0 Å². The second-order valence-electron chi connectivity index (χ2n) is 5.55. The molecule has 152 valence electrons. The zero-order chi connectivity index (χ0) is 20.9. The molecule has 0 radical (unpaired) electrons. The number of amides is 1. The highest BCUT2D eigenvalue weighted by molar-refractivity contribution is 7.91. The third kappa shape index (κ3) is 4.50. The smallest absolute Gasteiger partial charge is 0.341 e. The number of alkyl halides is 2. The number of nitrogens with one attached hydrogen (secondary N) is 1. The van der Waals surface area contributed by atoms with E-state index in [1.165, 1.54) is 33.5 Å². The van der Waals surface area contributed by atoms with Crippen LogP contribution in [-0.2, 0) is 16.4 Å². The number of hydrogen-bond donors (Lipinski definition) is 1. The van der Waals surface area contributed by atoms with Gasteiger partial charge in [0.05, 0.1) is 26.2 Å². The van der Waals surface area contributed by atoms with Gasteiger partial charge in [0.2, 0.25) is 15.6 Å². The molecule has 2 rings (SSSR count). The van der Waals surface area contributed by atoms with E-state index in [0.717, 1.165) is 12.1 Å². The van der Waals surface area contributed by atoms with Crippen LogP contribution in [0.15, 0.2) is 41.3 Å². The average molecular weight is 415 g/mol. The third-order valence-corrected chi connectivity index (χ3v) is 5.26. The molecule has 0 unspecified atom stereocenters. The minimum absolute atomic E-state index is 0.118. The van der Waals surface area contributed by atoms with Crippen molar-refractivity contribution < 1.29 is 36.2 Å². The van der Waals surface area contributed by atoms with Gasteiger partial charge in [0.25, 0.3) is 5.91 Å². The molecule has 0 aliphatic carbocycles. The fourth-order valence-electron chi connectivity index (χ4n) is 2.42. The first-order valence-electron chi connectivity index (χ1n) is 7.93. The van der Waals surface area contributed by atoms with Gasteiger partial charge in [-0.25, -0.2) is 8.42 Å². The molecule has 2 aromatic carbocycles. The van der Waals surface area contributed by atoms with Crippen molar-refractivity contribution in [2.75, 3.05) is 21.3 Å². The fourth-order valence-corrected chi connectivity index (χ4v) is 3.14. The molecule has 28 heavy (non-hydrogen) atoms. The maximum absolute atomic E-state index is 12.5. The van der Waals surface area contributed by atoms with Gasteiger partial charge >= 0.3 is 5.76 Å². The number of rotatable bonds is 8. The molecule has 10 heteroatoms. The van der Waals surface area contributed by atoms with E-state index in [2.05, 4.69) is 5.32 Å². The summed E-state index contributed by atoms with van der Waals surface area (Å²) in [5.74, 6) is -2.77. The van der Waals surface area contributed by atoms with Gasteiger partial charge in [-0.05, 0) is 42.0 Å². The first-order valence-corrected chi connectivity index (χ1v) is 9.48. The number of sulfone groups is 1. The highest BCUT2D eigenvalue weighted by Crippen LogP contribution is 2.38. The Hall–Kier alpha value is -2.88. The standard InChI is InChI=1S/C18H19F2NO6S/c1-25-14-8-11(9-15(26-2)16(14)27-3)10-21-17(22)12-4-6-13(7-5-12)28(23,24)18(19)20/h4-9,18H,10H2,1-3H3,(H,21,22). The van der Waals surface area contributed by atoms with Crippen molar-refractivity contribution in [2.45, 2.75) is 17.2 Å². The van der Waals surface area contributed by atoms with Crippen LogP contribution >= 0.6 is 0 Å². The largest absolute Gasteiger partial charge is 0.493 e. The number of hydrogen-bond acceptors (Lipinski definition) is 6. The zero-order valence-corrected chi connectivity index (χ0v) is 16.2. The molecule has 0 fully saturated rings. The highest BCUT2D eigenvalue weighted by atomic mass is 32.2. The summed E-state index contributed by atoms with van der Waals surface area (Å²) < 4.78 is 63.6. The van der Waals surface area contributed by atoms with E-state index in [1.807, 2.05) is 0 Å². The van der Waals surface area contributed by atoms with Crippen molar-refractivity contribution >= 4 is 15.7 Å². The summed E-state index contributed by atoms with van der Waals surface area (Å²) in [5, 5.41) is 2.65. The van der Waals surface area contributed by atoms with Crippen LogP contribution in [0.2, 0.25) is 0 Å². The number of halogens is 2. The quantitative estimate of drug-likeness (QED) is 0.713. The first kappa shape index (κ1) is 21.4. The number of benzene rings is 2. The minimum Gasteiger partial charge on any atom is -0.493 e. The van der Waals surface area contributed by atoms with Crippen LogP contribution in [0.1, 0.15) is 15.9 Å². The summed E-state index contributed by atoms with van der Waals surface area (Å²) in [4.78, 5) is 11.7. The Morgan fingerprint density at radius 1 is 1.00 bits per heavy atom. The van der Waals surface area contributed by atoms with Gasteiger partial charge in [-0.1, -0.05) is 0 Å². The molecular formula is C18H19F2NO6S. The van der Waals surface area contributed by atoms with Crippen LogP contribution in [0.5, 0.6) is 17.2 Å². The maximum Gasteiger partial charge on any atom is 0.341 e. The predicted molar refractivity (Wildman–Crippen MR) is 96.9 cm³/mol. The minimum atomic E-state index is -4.70. The summed E-state index contributed by atoms with van der Waals surface area (Å²) in [7, 11) is -0.296. The molecule has 0 heterocycles. The summed E-state index contributed by atoms with van der Waals surface area (Å²) in [6.07, 6.45) is 0. The van der Waals surface area contributed by atoms with Crippen molar-refractivity contribution in [3.8, 4) is 17.2 Å². The number of carbonyl (C=O) groups excluding carboxylic acids is 1. The van der Waals surface area contributed by atoms with Crippen LogP contribution in [0.25, 0.3) is 0 Å². The summed E-state index contributed by atoms with van der Waals surface area (Å²) in [5.41, 5.74) is 0.792. The van der Waals surface area contributed by atoms with Crippen LogP contribution in [0.4, 0.5) is 8.78 Å². The normalized spacial score (nSPS) is 11.2. The fraction of sp³-hybridized carbons (Fsp3) is 0.278. The summed E-state index contributed by atoms with van der Waals surface area (Å²) in [6.45, 7) is 0.118. The molecule has 0 saturated heterocycles. The lowest BCUT2D eigenvalue weighted by molar-refractivity contribution is 0.0950. The molecule has 0 saturated carbocycles. The monoisotopic (exact) mass is 415 g/mol. The third-order valence-electron chi connectivity index (χ3n) is 3.86. The van der Waals surface area contributed by atoms with E-state index >= 15 is 0 Å². The molecular weight excluding hydrogens is 396 g/mol. The Kier molecular flexibility index (Phi) is 6.79. The van der Waals surface area contributed by atoms with Gasteiger partial charge in [-0.3, -0.25) is 4.79 Å². The molecule has 0 atom stereocenters. The first-order chi connectivity index (χ1) is 13.2. The van der Waals surface area contributed by atoms with Gasteiger partial charge in [-0.2, -0.15) is 8.78 Å². The maximum atomic E-state index is 12.5. The van der Waals surface area contributed by atoms with E-state index in [4.69, 9.17) is 14.2 Å². The Morgan fingerprint density at radius 3 is 1.96 bits per heavy atom. The molecule has 0 aliphatic rings. The number of methoxy groups -OCH3 is 3. The van der Waals surface area contributed by atoms with E-state index in [9.17, 15) is 22.0 Å². The Labute approximate surface area is 161 Å². The number of ether oxygens (including phenoxy) is 3. The Balaban J connectivity index is 2.14. The van der Waals surface area contributed by atoms with Gasteiger partial charge in [-0.15, -0.1) is 0 Å². The molecule has 0 spiro atoms. The van der Waals surface area contributed by atoms with Crippen molar-refractivity contribution in [2.24, 2.45) is 0 Å². The molecule has 1 amide bonds. The van der Waals surface area contributed by atoms with Crippen molar-refractivity contribution in [1.82, 2.24) is 5.32 Å². The molecule has 0 aliphatic heterocycles. The molecule has 7 nitrogen and oxygen atoms in total. The van der Waals surface area contributed by atoms with E-state index < -0.39 is 26.4 Å². The van der Waals surface area contributed by atoms with Crippen LogP contribution in [0.3, 0.4) is 0 Å². The lowest BCUT2D eigenvalue weighted by Crippen LogP contribution is -2.23. The van der Waals surface area contributed by atoms with Crippen LogP contribution in [-0.4, -0.2) is 41.4 Å². The van der Waals surface area contributed by atoms with Crippen molar-refractivity contribution in [3.05, 3.63) is 47.5 Å². The summed E-state index contributed by atoms with van der Waals surface area (Å²) >= 11 is 0.